The van der Waals surface area contributed by atoms with Gasteiger partial charge in [0.2, 0.25) is 11.9 Å². The van der Waals surface area contributed by atoms with Crippen molar-refractivity contribution in [2.24, 2.45) is 0 Å². The molecule has 0 unspecified atom stereocenters. The van der Waals surface area contributed by atoms with Crippen LogP contribution in [-0.2, 0) is 0 Å². The van der Waals surface area contributed by atoms with Crippen LogP contribution in [0.2, 0.25) is 0 Å². The van der Waals surface area contributed by atoms with Gasteiger partial charge in [-0.1, -0.05) is 12.1 Å². The molecular formula is C12H15N5. The average molecular weight is 229 g/mol. The number of benzene rings is 1. The van der Waals surface area contributed by atoms with E-state index in [1.807, 2.05) is 19.1 Å². The summed E-state index contributed by atoms with van der Waals surface area (Å²) in [5, 5.41) is 0. The quantitative estimate of drug-likeness (QED) is 0.775. The van der Waals surface area contributed by atoms with Crippen LogP contribution in [-0.4, -0.2) is 15.0 Å². The first-order valence-electron chi connectivity index (χ1n) is 5.33. The fraction of sp³-hybridized carbons (Fsp3) is 0.250. The van der Waals surface area contributed by atoms with E-state index in [1.54, 1.807) is 0 Å². The lowest BCUT2D eigenvalue weighted by Crippen LogP contribution is -2.05. The molecule has 0 amide bonds. The van der Waals surface area contributed by atoms with Gasteiger partial charge in [0.05, 0.1) is 0 Å². The summed E-state index contributed by atoms with van der Waals surface area (Å²) in [6, 6.07) is 4.01. The summed E-state index contributed by atoms with van der Waals surface area (Å²) in [6.45, 7) is 6.18. The van der Waals surface area contributed by atoms with Gasteiger partial charge >= 0.3 is 0 Å². The molecule has 0 bridgehead atoms. The molecule has 0 aliphatic heterocycles. The van der Waals surface area contributed by atoms with Gasteiger partial charge in [-0.2, -0.15) is 15.0 Å². The van der Waals surface area contributed by atoms with Gasteiger partial charge in [-0.05, 0) is 37.5 Å². The molecule has 1 aromatic heterocycles. The highest BCUT2D eigenvalue weighted by atomic mass is 15.1. The third-order valence-corrected chi connectivity index (χ3v) is 2.97. The van der Waals surface area contributed by atoms with Crippen molar-refractivity contribution in [3.8, 4) is 11.4 Å². The summed E-state index contributed by atoms with van der Waals surface area (Å²) in [7, 11) is 0. The molecule has 0 saturated carbocycles. The smallest absolute Gasteiger partial charge is 0.225 e. The first-order chi connectivity index (χ1) is 7.99. The van der Waals surface area contributed by atoms with Crippen molar-refractivity contribution in [2.45, 2.75) is 20.8 Å². The van der Waals surface area contributed by atoms with Crippen LogP contribution in [0.3, 0.4) is 0 Å². The van der Waals surface area contributed by atoms with Crippen molar-refractivity contribution in [1.29, 1.82) is 0 Å². The Labute approximate surface area is 99.9 Å². The van der Waals surface area contributed by atoms with E-state index in [2.05, 4.69) is 28.8 Å². The molecule has 0 atom stereocenters. The molecular weight excluding hydrogens is 214 g/mol. The van der Waals surface area contributed by atoms with Gasteiger partial charge in [0.25, 0.3) is 0 Å². The van der Waals surface area contributed by atoms with Crippen molar-refractivity contribution < 1.29 is 0 Å². The van der Waals surface area contributed by atoms with Gasteiger partial charge < -0.3 is 11.5 Å². The Morgan fingerprint density at radius 3 is 2.00 bits per heavy atom. The summed E-state index contributed by atoms with van der Waals surface area (Å²) in [6.07, 6.45) is 0. The zero-order chi connectivity index (χ0) is 12.6. The number of aryl methyl sites for hydroxylation is 1. The van der Waals surface area contributed by atoms with Gasteiger partial charge in [0, 0.05) is 5.56 Å². The molecule has 0 aliphatic rings. The van der Waals surface area contributed by atoms with E-state index >= 15 is 0 Å². The molecule has 88 valence electrons. The molecule has 5 nitrogen and oxygen atoms in total. The molecule has 2 rings (SSSR count). The molecule has 1 heterocycles. The molecule has 0 aliphatic carbocycles. The van der Waals surface area contributed by atoms with Gasteiger partial charge in [-0.25, -0.2) is 0 Å². The minimum absolute atomic E-state index is 0.144. The molecule has 4 N–H and O–H groups in total. The number of hydrogen-bond acceptors (Lipinski definition) is 5. The number of anilines is 2. The molecule has 2 aromatic rings. The van der Waals surface area contributed by atoms with Crippen LogP contribution in [0.4, 0.5) is 11.9 Å². The minimum atomic E-state index is 0.144. The van der Waals surface area contributed by atoms with E-state index in [1.165, 1.54) is 11.1 Å². The summed E-state index contributed by atoms with van der Waals surface area (Å²) in [5.41, 5.74) is 15.7. The van der Waals surface area contributed by atoms with Gasteiger partial charge in [0.1, 0.15) is 0 Å². The lowest BCUT2D eigenvalue weighted by molar-refractivity contribution is 1.08. The maximum absolute atomic E-state index is 5.57. The van der Waals surface area contributed by atoms with Crippen molar-refractivity contribution in [2.75, 3.05) is 11.5 Å². The lowest BCUT2D eigenvalue weighted by atomic mass is 9.98. The maximum Gasteiger partial charge on any atom is 0.225 e. The predicted molar refractivity (Wildman–Crippen MR) is 68.3 cm³/mol. The van der Waals surface area contributed by atoms with Gasteiger partial charge in [-0.15, -0.1) is 0 Å². The Hall–Kier alpha value is -2.17. The van der Waals surface area contributed by atoms with Crippen molar-refractivity contribution in [3.63, 3.8) is 0 Å². The predicted octanol–water partition coefficient (Wildman–Crippen LogP) is 1.63. The standard InChI is InChI=1S/C12H15N5/c1-6-4-5-9(8(3)7(6)2)10-15-11(13)17-12(14)16-10/h4-5H,1-3H3,(H4,13,14,15,16,17). The van der Waals surface area contributed by atoms with Crippen LogP contribution in [0.15, 0.2) is 12.1 Å². The van der Waals surface area contributed by atoms with Gasteiger partial charge in [0.15, 0.2) is 5.82 Å². The molecule has 0 fully saturated rings. The molecule has 0 spiro atoms. The fourth-order valence-electron chi connectivity index (χ4n) is 1.73. The largest absolute Gasteiger partial charge is 0.368 e. The summed E-state index contributed by atoms with van der Waals surface area (Å²) in [4.78, 5) is 12.0. The molecule has 0 radical (unpaired) electrons. The van der Waals surface area contributed by atoms with Crippen LogP contribution >= 0.6 is 0 Å². The van der Waals surface area contributed by atoms with E-state index in [-0.39, 0.29) is 11.9 Å². The topological polar surface area (TPSA) is 90.7 Å². The average Bonchev–Trinajstić information content (AvgIpc) is 2.24. The Bertz CT molecular complexity index is 557. The number of rotatable bonds is 1. The van der Waals surface area contributed by atoms with E-state index in [4.69, 9.17) is 11.5 Å². The normalized spacial score (nSPS) is 10.5. The third kappa shape index (κ3) is 2.04. The molecule has 17 heavy (non-hydrogen) atoms. The van der Waals surface area contributed by atoms with E-state index in [0.717, 1.165) is 11.1 Å². The van der Waals surface area contributed by atoms with Crippen LogP contribution < -0.4 is 11.5 Å². The zero-order valence-corrected chi connectivity index (χ0v) is 10.2. The Morgan fingerprint density at radius 2 is 1.41 bits per heavy atom. The number of hydrogen-bond donors (Lipinski definition) is 2. The van der Waals surface area contributed by atoms with Crippen LogP contribution in [0, 0.1) is 20.8 Å². The van der Waals surface area contributed by atoms with Crippen LogP contribution in [0.25, 0.3) is 11.4 Å². The van der Waals surface area contributed by atoms with Crippen molar-refractivity contribution in [1.82, 2.24) is 15.0 Å². The second-order valence-electron chi connectivity index (χ2n) is 4.06. The number of nitrogen functional groups attached to an aromatic ring is 2. The monoisotopic (exact) mass is 229 g/mol. The molecule has 1 aromatic carbocycles. The summed E-state index contributed by atoms with van der Waals surface area (Å²) >= 11 is 0. The van der Waals surface area contributed by atoms with Gasteiger partial charge in [-0.3, -0.25) is 0 Å². The SMILES string of the molecule is Cc1ccc(-c2nc(N)nc(N)n2)c(C)c1C. The highest BCUT2D eigenvalue weighted by Gasteiger charge is 2.10. The van der Waals surface area contributed by atoms with E-state index < -0.39 is 0 Å². The first kappa shape index (κ1) is 11.3. The maximum atomic E-state index is 5.57. The highest BCUT2D eigenvalue weighted by molar-refractivity contribution is 5.64. The van der Waals surface area contributed by atoms with Crippen molar-refractivity contribution in [3.05, 3.63) is 28.8 Å². The first-order valence-corrected chi connectivity index (χ1v) is 5.33. The second kappa shape index (κ2) is 4.01. The van der Waals surface area contributed by atoms with Crippen molar-refractivity contribution >= 4 is 11.9 Å². The Morgan fingerprint density at radius 1 is 0.824 bits per heavy atom. The summed E-state index contributed by atoms with van der Waals surface area (Å²) in [5.74, 6) is 0.811. The second-order valence-corrected chi connectivity index (χ2v) is 4.06. The van der Waals surface area contributed by atoms with E-state index in [9.17, 15) is 0 Å². The van der Waals surface area contributed by atoms with E-state index in [0.29, 0.717) is 5.82 Å². The number of nitrogens with zero attached hydrogens (tertiary/aromatic N) is 3. The Balaban J connectivity index is 2.64. The molecule has 5 heteroatoms. The zero-order valence-electron chi connectivity index (χ0n) is 10.2. The van der Waals surface area contributed by atoms with Crippen LogP contribution in [0.1, 0.15) is 16.7 Å². The summed E-state index contributed by atoms with van der Waals surface area (Å²) < 4.78 is 0. The number of nitrogens with two attached hydrogens (primary N) is 2. The lowest BCUT2D eigenvalue weighted by Gasteiger charge is -2.10. The number of aromatic nitrogens is 3. The fourth-order valence-corrected chi connectivity index (χ4v) is 1.73. The van der Waals surface area contributed by atoms with Crippen LogP contribution in [0.5, 0.6) is 0 Å². The Kier molecular flexibility index (Phi) is 2.67. The highest BCUT2D eigenvalue weighted by Crippen LogP contribution is 2.25. The third-order valence-electron chi connectivity index (χ3n) is 2.97. The molecule has 0 saturated heterocycles. The minimum Gasteiger partial charge on any atom is -0.368 e.